The monoisotopic (exact) mass is 387 g/mol. The van der Waals surface area contributed by atoms with E-state index in [1.807, 2.05) is 6.92 Å². The SMILES string of the molecule is CCCN(CCC(O)c1ccc(Br)cc1Cl)CC(F)(F)F. The van der Waals surface area contributed by atoms with Crippen LogP contribution >= 0.6 is 27.5 Å². The number of nitrogens with zero attached hydrogens (tertiary/aromatic N) is 1. The third kappa shape index (κ3) is 7.00. The van der Waals surface area contributed by atoms with Crippen LogP contribution < -0.4 is 0 Å². The number of rotatable bonds is 7. The molecular formula is C14H18BrClF3NO. The molecule has 0 aliphatic rings. The second kappa shape index (κ2) is 8.36. The predicted molar refractivity (Wildman–Crippen MR) is 81.5 cm³/mol. The first kappa shape index (κ1) is 18.7. The average molecular weight is 389 g/mol. The van der Waals surface area contributed by atoms with Gasteiger partial charge in [0.25, 0.3) is 0 Å². The number of hydrogen-bond acceptors (Lipinski definition) is 2. The zero-order valence-corrected chi connectivity index (χ0v) is 14.0. The molecule has 21 heavy (non-hydrogen) atoms. The Hall–Kier alpha value is -0.300. The van der Waals surface area contributed by atoms with E-state index < -0.39 is 18.8 Å². The van der Waals surface area contributed by atoms with Gasteiger partial charge in [-0.3, -0.25) is 4.90 Å². The maximum absolute atomic E-state index is 12.5. The first-order valence-corrected chi connectivity index (χ1v) is 7.82. The Morgan fingerprint density at radius 3 is 2.52 bits per heavy atom. The molecule has 7 heteroatoms. The van der Waals surface area contributed by atoms with Crippen molar-refractivity contribution >= 4 is 27.5 Å². The zero-order valence-electron chi connectivity index (χ0n) is 11.6. The largest absolute Gasteiger partial charge is 0.401 e. The van der Waals surface area contributed by atoms with E-state index in [1.165, 1.54) is 4.90 Å². The minimum atomic E-state index is -4.23. The Bertz CT molecular complexity index is 456. The normalized spacial score (nSPS) is 13.7. The van der Waals surface area contributed by atoms with Crippen molar-refractivity contribution in [3.63, 3.8) is 0 Å². The van der Waals surface area contributed by atoms with E-state index in [1.54, 1.807) is 18.2 Å². The highest BCUT2D eigenvalue weighted by atomic mass is 79.9. The van der Waals surface area contributed by atoms with Crippen LogP contribution in [-0.4, -0.2) is 35.8 Å². The third-order valence-corrected chi connectivity index (χ3v) is 3.80. The van der Waals surface area contributed by atoms with Gasteiger partial charge in [0.1, 0.15) is 0 Å². The van der Waals surface area contributed by atoms with Gasteiger partial charge in [-0.1, -0.05) is 40.5 Å². The maximum atomic E-state index is 12.5. The van der Waals surface area contributed by atoms with E-state index in [-0.39, 0.29) is 13.0 Å². The summed E-state index contributed by atoms with van der Waals surface area (Å²) < 4.78 is 38.1. The van der Waals surface area contributed by atoms with Crippen molar-refractivity contribution in [1.82, 2.24) is 4.90 Å². The smallest absolute Gasteiger partial charge is 0.388 e. The number of hydrogen-bond donors (Lipinski definition) is 1. The molecule has 2 nitrogen and oxygen atoms in total. The highest BCUT2D eigenvalue weighted by molar-refractivity contribution is 9.10. The van der Waals surface area contributed by atoms with Crippen LogP contribution in [-0.2, 0) is 0 Å². The highest BCUT2D eigenvalue weighted by Gasteiger charge is 2.30. The van der Waals surface area contributed by atoms with Crippen molar-refractivity contribution in [3.8, 4) is 0 Å². The standard InChI is InChI=1S/C14H18BrClF3NO/c1-2-6-20(9-14(17,18)19)7-5-13(21)11-4-3-10(15)8-12(11)16/h3-4,8,13,21H,2,5-7,9H2,1H3. The lowest BCUT2D eigenvalue weighted by molar-refractivity contribution is -0.146. The van der Waals surface area contributed by atoms with E-state index >= 15 is 0 Å². The fourth-order valence-corrected chi connectivity index (χ4v) is 2.87. The molecule has 1 N–H and O–H groups in total. The molecule has 120 valence electrons. The minimum Gasteiger partial charge on any atom is -0.388 e. The van der Waals surface area contributed by atoms with Gasteiger partial charge >= 0.3 is 6.18 Å². The second-order valence-electron chi connectivity index (χ2n) is 4.86. The molecule has 1 rings (SSSR count). The van der Waals surface area contributed by atoms with Gasteiger partial charge in [0, 0.05) is 16.0 Å². The van der Waals surface area contributed by atoms with Gasteiger partial charge in [0.2, 0.25) is 0 Å². The predicted octanol–water partition coefficient (Wildman–Crippen LogP) is 4.80. The van der Waals surface area contributed by atoms with Crippen LogP contribution in [0.4, 0.5) is 13.2 Å². The Morgan fingerprint density at radius 2 is 2.00 bits per heavy atom. The number of benzene rings is 1. The summed E-state index contributed by atoms with van der Waals surface area (Å²) in [4.78, 5) is 1.30. The maximum Gasteiger partial charge on any atom is 0.401 e. The summed E-state index contributed by atoms with van der Waals surface area (Å²) in [5.74, 6) is 0. The molecule has 0 spiro atoms. The fourth-order valence-electron chi connectivity index (χ4n) is 2.07. The van der Waals surface area contributed by atoms with Crippen LogP contribution in [0.25, 0.3) is 0 Å². The zero-order chi connectivity index (χ0) is 16.0. The summed E-state index contributed by atoms with van der Waals surface area (Å²) in [7, 11) is 0. The first-order valence-electron chi connectivity index (χ1n) is 6.65. The average Bonchev–Trinajstić information content (AvgIpc) is 2.34. The molecule has 0 aliphatic heterocycles. The molecule has 0 saturated heterocycles. The van der Waals surface area contributed by atoms with E-state index in [9.17, 15) is 18.3 Å². The van der Waals surface area contributed by atoms with Gasteiger partial charge in [0.05, 0.1) is 12.6 Å². The summed E-state index contributed by atoms with van der Waals surface area (Å²) in [5, 5.41) is 10.5. The Morgan fingerprint density at radius 1 is 1.33 bits per heavy atom. The van der Waals surface area contributed by atoms with Crippen molar-refractivity contribution in [3.05, 3.63) is 33.3 Å². The molecule has 0 amide bonds. The van der Waals surface area contributed by atoms with Crippen molar-refractivity contribution in [1.29, 1.82) is 0 Å². The molecule has 0 aromatic heterocycles. The van der Waals surface area contributed by atoms with Crippen LogP contribution in [0.3, 0.4) is 0 Å². The van der Waals surface area contributed by atoms with E-state index in [2.05, 4.69) is 15.9 Å². The van der Waals surface area contributed by atoms with Crippen LogP contribution in [0.1, 0.15) is 31.4 Å². The molecule has 0 saturated carbocycles. The Balaban J connectivity index is 2.62. The molecule has 1 aromatic rings. The third-order valence-electron chi connectivity index (χ3n) is 2.98. The lowest BCUT2D eigenvalue weighted by Gasteiger charge is -2.24. The van der Waals surface area contributed by atoms with Crippen molar-refractivity contribution in [2.75, 3.05) is 19.6 Å². The molecule has 1 atom stereocenters. The molecule has 0 radical (unpaired) electrons. The highest BCUT2D eigenvalue weighted by Crippen LogP contribution is 2.28. The number of halogens is 5. The van der Waals surface area contributed by atoms with Crippen molar-refractivity contribution < 1.29 is 18.3 Å². The molecule has 1 aromatic carbocycles. The number of aliphatic hydroxyl groups is 1. The summed E-state index contributed by atoms with van der Waals surface area (Å²) >= 11 is 9.29. The van der Waals surface area contributed by atoms with Crippen LogP contribution in [0.5, 0.6) is 0 Å². The number of alkyl halides is 3. The summed E-state index contributed by atoms with van der Waals surface area (Å²) in [5.41, 5.74) is 0.531. The van der Waals surface area contributed by atoms with Gasteiger partial charge in [0.15, 0.2) is 0 Å². The Labute approximate surface area is 136 Å². The van der Waals surface area contributed by atoms with Crippen molar-refractivity contribution in [2.24, 2.45) is 0 Å². The Kier molecular flexibility index (Phi) is 7.47. The van der Waals surface area contributed by atoms with E-state index in [0.29, 0.717) is 23.6 Å². The van der Waals surface area contributed by atoms with Crippen LogP contribution in [0.15, 0.2) is 22.7 Å². The number of aliphatic hydroxyl groups excluding tert-OH is 1. The second-order valence-corrected chi connectivity index (χ2v) is 6.18. The first-order chi connectivity index (χ1) is 9.73. The topological polar surface area (TPSA) is 23.5 Å². The van der Waals surface area contributed by atoms with Crippen LogP contribution in [0, 0.1) is 0 Å². The van der Waals surface area contributed by atoms with Gasteiger partial charge in [-0.25, -0.2) is 0 Å². The molecule has 0 bridgehead atoms. The van der Waals surface area contributed by atoms with Crippen molar-refractivity contribution in [2.45, 2.75) is 32.0 Å². The lowest BCUT2D eigenvalue weighted by atomic mass is 10.1. The van der Waals surface area contributed by atoms with Gasteiger partial charge in [-0.05, 0) is 37.1 Å². The van der Waals surface area contributed by atoms with Crippen LogP contribution in [0.2, 0.25) is 5.02 Å². The summed E-state index contributed by atoms with van der Waals surface area (Å²) in [6.07, 6.45) is -4.27. The quantitative estimate of drug-likeness (QED) is 0.725. The molecular weight excluding hydrogens is 371 g/mol. The van der Waals surface area contributed by atoms with E-state index in [4.69, 9.17) is 11.6 Å². The van der Waals surface area contributed by atoms with Gasteiger partial charge in [-0.2, -0.15) is 13.2 Å². The molecule has 0 aliphatic carbocycles. The summed E-state index contributed by atoms with van der Waals surface area (Å²) in [6, 6.07) is 5.06. The fraction of sp³-hybridized carbons (Fsp3) is 0.571. The van der Waals surface area contributed by atoms with E-state index in [0.717, 1.165) is 4.47 Å². The van der Waals surface area contributed by atoms with Gasteiger partial charge < -0.3 is 5.11 Å². The molecule has 1 unspecified atom stereocenters. The summed E-state index contributed by atoms with van der Waals surface area (Å²) in [6.45, 7) is 1.38. The minimum absolute atomic E-state index is 0.168. The molecule has 0 fully saturated rings. The lowest BCUT2D eigenvalue weighted by Crippen LogP contribution is -2.36. The van der Waals surface area contributed by atoms with Gasteiger partial charge in [-0.15, -0.1) is 0 Å². The molecule has 0 heterocycles.